The van der Waals surface area contributed by atoms with Crippen LogP contribution in [0.25, 0.3) is 0 Å². The fourth-order valence-electron chi connectivity index (χ4n) is 2.79. The van der Waals surface area contributed by atoms with Gasteiger partial charge < -0.3 is 15.5 Å². The van der Waals surface area contributed by atoms with Gasteiger partial charge in [0.15, 0.2) is 0 Å². The average molecular weight is 296 g/mol. The van der Waals surface area contributed by atoms with Crippen LogP contribution in [0.1, 0.15) is 15.9 Å². The fraction of sp³-hybridized carbons (Fsp3) is 0.294. The van der Waals surface area contributed by atoms with E-state index in [4.69, 9.17) is 5.73 Å². The maximum Gasteiger partial charge on any atom is 0.254 e. The summed E-state index contributed by atoms with van der Waals surface area (Å²) in [6, 6.07) is 9.49. The lowest BCUT2D eigenvalue weighted by Gasteiger charge is -2.37. The SMILES string of the molecule is Cc1ccc(N)cc1N1CCN(C(=O)c2ccncc2)CC1. The Kier molecular flexibility index (Phi) is 3.96. The Balaban J connectivity index is 1.68. The van der Waals surface area contributed by atoms with Crippen molar-refractivity contribution < 1.29 is 4.79 Å². The summed E-state index contributed by atoms with van der Waals surface area (Å²) in [7, 11) is 0. The number of aromatic nitrogens is 1. The van der Waals surface area contributed by atoms with E-state index in [1.807, 2.05) is 23.1 Å². The number of nitrogen functional groups attached to an aromatic ring is 1. The predicted molar refractivity (Wildman–Crippen MR) is 87.9 cm³/mol. The van der Waals surface area contributed by atoms with E-state index in [1.54, 1.807) is 24.5 Å². The quantitative estimate of drug-likeness (QED) is 0.860. The fourth-order valence-corrected chi connectivity index (χ4v) is 2.79. The highest BCUT2D eigenvalue weighted by atomic mass is 16.2. The molecule has 2 heterocycles. The van der Waals surface area contributed by atoms with Gasteiger partial charge in [-0.25, -0.2) is 0 Å². The van der Waals surface area contributed by atoms with Gasteiger partial charge in [-0.1, -0.05) is 6.07 Å². The van der Waals surface area contributed by atoms with Crippen LogP contribution in [0.3, 0.4) is 0 Å². The van der Waals surface area contributed by atoms with Crippen LogP contribution < -0.4 is 10.6 Å². The second kappa shape index (κ2) is 6.05. The second-order valence-electron chi connectivity index (χ2n) is 5.56. The third kappa shape index (κ3) is 2.88. The summed E-state index contributed by atoms with van der Waals surface area (Å²) in [4.78, 5) is 20.6. The highest BCUT2D eigenvalue weighted by molar-refractivity contribution is 5.94. The van der Waals surface area contributed by atoms with Crippen LogP contribution in [0, 0.1) is 6.92 Å². The summed E-state index contributed by atoms with van der Waals surface area (Å²) in [5.41, 5.74) is 9.73. The van der Waals surface area contributed by atoms with Gasteiger partial charge in [-0.05, 0) is 36.8 Å². The van der Waals surface area contributed by atoms with Crippen LogP contribution in [0.4, 0.5) is 11.4 Å². The molecule has 0 aliphatic carbocycles. The number of pyridine rings is 1. The van der Waals surface area contributed by atoms with E-state index >= 15 is 0 Å². The summed E-state index contributed by atoms with van der Waals surface area (Å²) in [5, 5.41) is 0. The Morgan fingerprint density at radius 1 is 1.09 bits per heavy atom. The first-order valence-corrected chi connectivity index (χ1v) is 7.45. The van der Waals surface area contributed by atoms with Gasteiger partial charge in [0.05, 0.1) is 0 Å². The molecule has 5 nitrogen and oxygen atoms in total. The Labute approximate surface area is 130 Å². The molecule has 1 amide bonds. The Hall–Kier alpha value is -2.56. The van der Waals surface area contributed by atoms with Crippen molar-refractivity contribution in [3.63, 3.8) is 0 Å². The van der Waals surface area contributed by atoms with Gasteiger partial charge >= 0.3 is 0 Å². The molecule has 0 spiro atoms. The third-order valence-corrected chi connectivity index (χ3v) is 4.07. The van der Waals surface area contributed by atoms with Gasteiger partial charge in [0.2, 0.25) is 0 Å². The summed E-state index contributed by atoms with van der Waals surface area (Å²) in [5.74, 6) is 0.0753. The maximum atomic E-state index is 12.4. The van der Waals surface area contributed by atoms with Crippen LogP contribution in [0.15, 0.2) is 42.7 Å². The van der Waals surface area contributed by atoms with E-state index in [2.05, 4.69) is 16.8 Å². The van der Waals surface area contributed by atoms with Crippen molar-refractivity contribution in [2.75, 3.05) is 36.8 Å². The molecule has 0 radical (unpaired) electrons. The molecule has 0 saturated carbocycles. The lowest BCUT2D eigenvalue weighted by atomic mass is 10.1. The number of aryl methyl sites for hydroxylation is 1. The minimum atomic E-state index is 0.0753. The van der Waals surface area contributed by atoms with E-state index in [0.29, 0.717) is 5.56 Å². The Bertz CT molecular complexity index is 664. The van der Waals surface area contributed by atoms with Gasteiger partial charge in [-0.15, -0.1) is 0 Å². The molecule has 1 fully saturated rings. The molecule has 0 atom stereocenters. The summed E-state index contributed by atoms with van der Waals surface area (Å²) in [6.07, 6.45) is 3.30. The first-order chi connectivity index (χ1) is 10.6. The van der Waals surface area contributed by atoms with Crippen molar-refractivity contribution in [3.8, 4) is 0 Å². The minimum Gasteiger partial charge on any atom is -0.399 e. The Morgan fingerprint density at radius 3 is 2.45 bits per heavy atom. The smallest absolute Gasteiger partial charge is 0.254 e. The zero-order chi connectivity index (χ0) is 15.5. The van der Waals surface area contributed by atoms with Gasteiger partial charge in [0, 0.05) is 55.5 Å². The lowest BCUT2D eigenvalue weighted by Crippen LogP contribution is -2.49. The molecule has 22 heavy (non-hydrogen) atoms. The van der Waals surface area contributed by atoms with Gasteiger partial charge in [0.25, 0.3) is 5.91 Å². The number of anilines is 2. The molecule has 1 saturated heterocycles. The van der Waals surface area contributed by atoms with E-state index in [0.717, 1.165) is 37.6 Å². The topological polar surface area (TPSA) is 62.5 Å². The van der Waals surface area contributed by atoms with Crippen molar-refractivity contribution in [1.29, 1.82) is 0 Å². The molecular formula is C17H20N4O. The number of hydrogen-bond donors (Lipinski definition) is 1. The molecule has 114 valence electrons. The first-order valence-electron chi connectivity index (χ1n) is 7.45. The normalized spacial score (nSPS) is 15.0. The number of nitrogens with zero attached hydrogens (tertiary/aromatic N) is 3. The number of rotatable bonds is 2. The highest BCUT2D eigenvalue weighted by Crippen LogP contribution is 2.24. The minimum absolute atomic E-state index is 0.0753. The molecule has 1 aliphatic heterocycles. The highest BCUT2D eigenvalue weighted by Gasteiger charge is 2.22. The average Bonchev–Trinajstić information content (AvgIpc) is 2.57. The molecule has 1 aromatic heterocycles. The van der Waals surface area contributed by atoms with E-state index < -0.39 is 0 Å². The van der Waals surface area contributed by atoms with Crippen LogP contribution in [0.2, 0.25) is 0 Å². The standard InChI is InChI=1S/C17H20N4O/c1-13-2-3-15(18)12-16(13)20-8-10-21(11-9-20)17(22)14-4-6-19-7-5-14/h2-7,12H,8-11,18H2,1H3. The number of amides is 1. The summed E-state index contributed by atoms with van der Waals surface area (Å²) < 4.78 is 0. The molecule has 2 aromatic rings. The molecule has 5 heteroatoms. The molecule has 1 aromatic carbocycles. The van der Waals surface area contributed by atoms with Gasteiger partial charge in [0.1, 0.15) is 0 Å². The van der Waals surface area contributed by atoms with Crippen LogP contribution in [0.5, 0.6) is 0 Å². The van der Waals surface area contributed by atoms with Gasteiger partial charge in [-0.3, -0.25) is 9.78 Å². The molecule has 1 aliphatic rings. The number of piperazine rings is 1. The predicted octanol–water partition coefficient (Wildman–Crippen LogP) is 1.93. The summed E-state index contributed by atoms with van der Waals surface area (Å²) >= 11 is 0. The van der Waals surface area contributed by atoms with E-state index in [9.17, 15) is 4.79 Å². The van der Waals surface area contributed by atoms with Crippen molar-refractivity contribution in [2.45, 2.75) is 6.92 Å². The van der Waals surface area contributed by atoms with Crippen molar-refractivity contribution in [2.24, 2.45) is 0 Å². The second-order valence-corrected chi connectivity index (χ2v) is 5.56. The molecule has 0 bridgehead atoms. The number of carbonyl (C=O) groups excluding carboxylic acids is 1. The number of carbonyl (C=O) groups is 1. The third-order valence-electron chi connectivity index (χ3n) is 4.07. The van der Waals surface area contributed by atoms with Crippen LogP contribution in [-0.2, 0) is 0 Å². The molecular weight excluding hydrogens is 276 g/mol. The van der Waals surface area contributed by atoms with Crippen molar-refractivity contribution >= 4 is 17.3 Å². The van der Waals surface area contributed by atoms with Crippen molar-refractivity contribution in [3.05, 3.63) is 53.9 Å². The van der Waals surface area contributed by atoms with E-state index in [1.165, 1.54) is 5.56 Å². The van der Waals surface area contributed by atoms with Crippen LogP contribution >= 0.6 is 0 Å². The van der Waals surface area contributed by atoms with Crippen LogP contribution in [-0.4, -0.2) is 42.0 Å². The Morgan fingerprint density at radius 2 is 1.77 bits per heavy atom. The van der Waals surface area contributed by atoms with Crippen molar-refractivity contribution in [1.82, 2.24) is 9.88 Å². The first kappa shape index (κ1) is 14.4. The number of benzene rings is 1. The zero-order valence-electron chi connectivity index (χ0n) is 12.7. The molecule has 3 rings (SSSR count). The van der Waals surface area contributed by atoms with Gasteiger partial charge in [-0.2, -0.15) is 0 Å². The molecule has 0 unspecified atom stereocenters. The zero-order valence-corrected chi connectivity index (χ0v) is 12.7. The maximum absolute atomic E-state index is 12.4. The van der Waals surface area contributed by atoms with E-state index in [-0.39, 0.29) is 5.91 Å². The molecule has 2 N–H and O–H groups in total. The monoisotopic (exact) mass is 296 g/mol. The lowest BCUT2D eigenvalue weighted by molar-refractivity contribution is 0.0746. The largest absolute Gasteiger partial charge is 0.399 e. The summed E-state index contributed by atoms with van der Waals surface area (Å²) in [6.45, 7) is 5.16. The number of hydrogen-bond acceptors (Lipinski definition) is 4. The number of nitrogens with two attached hydrogens (primary N) is 1.